The van der Waals surface area contributed by atoms with E-state index in [1.54, 1.807) is 0 Å². The summed E-state index contributed by atoms with van der Waals surface area (Å²) in [5.41, 5.74) is 3.81. The Kier molecular flexibility index (Phi) is 11.3. The van der Waals surface area contributed by atoms with Crippen LogP contribution in [0.5, 0.6) is 5.75 Å². The van der Waals surface area contributed by atoms with Gasteiger partial charge in [0.2, 0.25) is 0 Å². The fourth-order valence-electron chi connectivity index (χ4n) is 4.72. The van der Waals surface area contributed by atoms with Crippen LogP contribution < -0.4 is 4.74 Å². The molecule has 0 aromatic heterocycles. The fourth-order valence-corrected chi connectivity index (χ4v) is 6.02. The van der Waals surface area contributed by atoms with Crippen LogP contribution in [0, 0.1) is 0 Å². The number of ether oxygens (including phenoxy) is 1. The van der Waals surface area contributed by atoms with E-state index in [9.17, 15) is 0 Å². The van der Waals surface area contributed by atoms with Crippen molar-refractivity contribution in [2.45, 2.75) is 22.3 Å². The minimum atomic E-state index is 0. The van der Waals surface area contributed by atoms with Gasteiger partial charge in [0.1, 0.15) is 12.4 Å². The highest BCUT2D eigenvalue weighted by Gasteiger charge is 2.30. The van der Waals surface area contributed by atoms with Gasteiger partial charge in [0.15, 0.2) is 0 Å². The highest BCUT2D eigenvalue weighted by Crippen LogP contribution is 2.43. The maximum Gasteiger partial charge on any atom is 0.120 e. The van der Waals surface area contributed by atoms with Gasteiger partial charge in [-0.2, -0.15) is 5.10 Å². The maximum absolute atomic E-state index is 6.45. The van der Waals surface area contributed by atoms with Crippen LogP contribution in [0.25, 0.3) is 0 Å². The Morgan fingerprint density at radius 1 is 1.00 bits per heavy atom. The van der Waals surface area contributed by atoms with Crippen molar-refractivity contribution in [3.05, 3.63) is 88.4 Å². The third kappa shape index (κ3) is 7.65. The summed E-state index contributed by atoms with van der Waals surface area (Å²) in [4.78, 5) is 7.37. The zero-order valence-corrected chi connectivity index (χ0v) is 24.2. The second kappa shape index (κ2) is 14.2. The largest absolute Gasteiger partial charge is 0.492 e. The summed E-state index contributed by atoms with van der Waals surface area (Å²) in [6.45, 7) is 5.30. The maximum atomic E-state index is 6.45. The molecule has 1 fully saturated rings. The minimum absolute atomic E-state index is 0. The first kappa shape index (κ1) is 30.3. The van der Waals surface area contributed by atoms with E-state index in [2.05, 4.69) is 63.3 Å². The summed E-state index contributed by atoms with van der Waals surface area (Å²) in [7, 11) is 4.10. The first-order chi connectivity index (χ1) is 17.5. The molecule has 0 amide bonds. The number of benzene rings is 3. The molecule has 3 aromatic rings. The Morgan fingerprint density at radius 3 is 2.58 bits per heavy atom. The van der Waals surface area contributed by atoms with Crippen molar-refractivity contribution in [2.75, 3.05) is 53.4 Å². The number of halogens is 2. The van der Waals surface area contributed by atoms with Crippen molar-refractivity contribution >= 4 is 42.0 Å². The molecule has 5 rings (SSSR count). The predicted molar refractivity (Wildman–Crippen MR) is 161 cm³/mol. The van der Waals surface area contributed by atoms with Crippen LogP contribution in [0.4, 0.5) is 0 Å². The molecule has 6 nitrogen and oxygen atoms in total. The summed E-state index contributed by atoms with van der Waals surface area (Å²) >= 11 is 8.32. The summed E-state index contributed by atoms with van der Waals surface area (Å²) in [5.74, 6) is 0.884. The van der Waals surface area contributed by atoms with E-state index in [1.165, 1.54) is 20.9 Å². The first-order valence-corrected chi connectivity index (χ1v) is 13.7. The standard InChI is InChI=1S/C29H33ClN4OS.ClH.H2O/c1-32(2)16-17-35-25-8-5-6-22(18-25)21-31-34-14-12-33(13-15-34)27-19-23-7-3-4-9-28(23)36-29-11-10-24(30)20-26(27)29;;/h3-11,18,20-21,27H,12-17,19H2,1-2H3;1H;1H2. The van der Waals surface area contributed by atoms with E-state index in [0.717, 1.165) is 55.5 Å². The summed E-state index contributed by atoms with van der Waals surface area (Å²) in [5, 5.41) is 7.77. The number of likely N-dealkylation sites (N-methyl/N-ethyl adjacent to an activating group) is 1. The molecule has 2 heterocycles. The van der Waals surface area contributed by atoms with Gasteiger partial charge >= 0.3 is 0 Å². The van der Waals surface area contributed by atoms with Crippen molar-refractivity contribution in [3.8, 4) is 5.75 Å². The second-order valence-electron chi connectivity index (χ2n) is 9.57. The van der Waals surface area contributed by atoms with Gasteiger partial charge in [-0.25, -0.2) is 0 Å². The molecule has 204 valence electrons. The molecule has 0 saturated carbocycles. The van der Waals surface area contributed by atoms with Gasteiger partial charge in [-0.1, -0.05) is 53.7 Å². The van der Waals surface area contributed by atoms with Crippen molar-refractivity contribution in [3.63, 3.8) is 0 Å². The van der Waals surface area contributed by atoms with Gasteiger partial charge in [-0.3, -0.25) is 9.91 Å². The lowest BCUT2D eigenvalue weighted by molar-refractivity contribution is 0.0970. The van der Waals surface area contributed by atoms with Crippen LogP contribution in [-0.4, -0.2) is 79.9 Å². The first-order valence-electron chi connectivity index (χ1n) is 12.5. The molecular formula is C29H36Cl2N4O2S. The van der Waals surface area contributed by atoms with Gasteiger partial charge in [-0.15, -0.1) is 12.4 Å². The van der Waals surface area contributed by atoms with Crippen molar-refractivity contribution in [2.24, 2.45) is 5.10 Å². The summed E-state index contributed by atoms with van der Waals surface area (Å²) in [6.07, 6.45) is 2.95. The Hall–Kier alpha value is -2.26. The minimum Gasteiger partial charge on any atom is -0.492 e. The number of nitrogens with zero attached hydrogens (tertiary/aromatic N) is 4. The van der Waals surface area contributed by atoms with Crippen LogP contribution in [0.2, 0.25) is 5.02 Å². The number of rotatable bonds is 7. The zero-order valence-electron chi connectivity index (χ0n) is 21.8. The van der Waals surface area contributed by atoms with Crippen LogP contribution >= 0.6 is 35.8 Å². The van der Waals surface area contributed by atoms with E-state index in [-0.39, 0.29) is 17.9 Å². The summed E-state index contributed by atoms with van der Waals surface area (Å²) in [6, 6.07) is 23.6. The van der Waals surface area contributed by atoms with E-state index >= 15 is 0 Å². The number of hydrazone groups is 1. The molecule has 3 aromatic carbocycles. The fraction of sp³-hybridized carbons (Fsp3) is 0.345. The van der Waals surface area contributed by atoms with Gasteiger partial charge in [0.05, 0.1) is 6.21 Å². The molecule has 0 aliphatic carbocycles. The van der Waals surface area contributed by atoms with Crippen LogP contribution in [0.15, 0.2) is 81.6 Å². The lowest BCUT2D eigenvalue weighted by Gasteiger charge is -2.38. The molecule has 2 N–H and O–H groups in total. The lowest BCUT2D eigenvalue weighted by Crippen LogP contribution is -2.46. The third-order valence-corrected chi connectivity index (χ3v) is 8.15. The molecule has 9 heteroatoms. The SMILES string of the molecule is CN(C)CCOc1cccc(C=NN2CCN(C3Cc4ccccc4Sc4ccc(Cl)cc43)CC2)c1.Cl.O. The van der Waals surface area contributed by atoms with Gasteiger partial charge < -0.3 is 15.1 Å². The normalized spacial score (nSPS) is 17.3. The van der Waals surface area contributed by atoms with Crippen molar-refractivity contribution < 1.29 is 10.2 Å². The molecule has 1 atom stereocenters. The number of piperazine rings is 1. The summed E-state index contributed by atoms with van der Waals surface area (Å²) < 4.78 is 5.87. The Morgan fingerprint density at radius 2 is 1.79 bits per heavy atom. The molecule has 2 aliphatic heterocycles. The van der Waals surface area contributed by atoms with E-state index in [4.69, 9.17) is 21.4 Å². The quantitative estimate of drug-likeness (QED) is 0.359. The van der Waals surface area contributed by atoms with Crippen molar-refractivity contribution in [1.29, 1.82) is 0 Å². The smallest absolute Gasteiger partial charge is 0.120 e. The lowest BCUT2D eigenvalue weighted by atomic mass is 9.97. The molecule has 1 saturated heterocycles. The second-order valence-corrected chi connectivity index (χ2v) is 11.1. The highest BCUT2D eigenvalue weighted by molar-refractivity contribution is 7.99. The number of hydrogen-bond donors (Lipinski definition) is 0. The zero-order chi connectivity index (χ0) is 24.9. The molecule has 1 unspecified atom stereocenters. The van der Waals surface area contributed by atoms with Gasteiger partial charge in [0, 0.05) is 53.6 Å². The Labute approximate surface area is 241 Å². The van der Waals surface area contributed by atoms with Gasteiger partial charge in [-0.05, 0) is 73.6 Å². The monoisotopic (exact) mass is 574 g/mol. The number of hydrogen-bond acceptors (Lipinski definition) is 6. The molecule has 0 bridgehead atoms. The Bertz CT molecular complexity index is 1220. The van der Waals surface area contributed by atoms with Crippen LogP contribution in [0.3, 0.4) is 0 Å². The van der Waals surface area contributed by atoms with Crippen LogP contribution in [-0.2, 0) is 6.42 Å². The highest BCUT2D eigenvalue weighted by atomic mass is 35.5. The van der Waals surface area contributed by atoms with E-state index < -0.39 is 0 Å². The van der Waals surface area contributed by atoms with Crippen molar-refractivity contribution in [1.82, 2.24) is 14.8 Å². The topological polar surface area (TPSA) is 62.8 Å². The average Bonchev–Trinajstić information content (AvgIpc) is 3.04. The number of fused-ring (bicyclic) bond motifs is 2. The van der Waals surface area contributed by atoms with E-state index in [0.29, 0.717) is 12.6 Å². The third-order valence-electron chi connectivity index (χ3n) is 6.70. The molecule has 38 heavy (non-hydrogen) atoms. The molecule has 2 aliphatic rings. The van der Waals surface area contributed by atoms with Gasteiger partial charge in [0.25, 0.3) is 0 Å². The average molecular weight is 576 g/mol. The molecule has 0 spiro atoms. The van der Waals surface area contributed by atoms with Crippen LogP contribution in [0.1, 0.15) is 22.7 Å². The molecular weight excluding hydrogens is 539 g/mol. The predicted octanol–water partition coefficient (Wildman–Crippen LogP) is 5.28. The Balaban J connectivity index is 0.00000200. The molecule has 0 radical (unpaired) electrons. The van der Waals surface area contributed by atoms with E-state index in [1.807, 2.05) is 50.3 Å².